The van der Waals surface area contributed by atoms with Crippen LogP contribution in [0.4, 0.5) is 10.1 Å². The number of carbonyl (C=O) groups excluding carboxylic acids is 1. The summed E-state index contributed by atoms with van der Waals surface area (Å²) in [6.45, 7) is 3.87. The number of nitrogens with one attached hydrogen (secondary N) is 1. The maximum absolute atomic E-state index is 13.1. The van der Waals surface area contributed by atoms with Crippen molar-refractivity contribution in [1.29, 1.82) is 5.26 Å². The summed E-state index contributed by atoms with van der Waals surface area (Å²) in [4.78, 5) is 12.2. The van der Waals surface area contributed by atoms with E-state index in [1.54, 1.807) is 36.4 Å². The highest BCUT2D eigenvalue weighted by atomic mass is 19.1. The Labute approximate surface area is 175 Å². The summed E-state index contributed by atoms with van der Waals surface area (Å²) >= 11 is 0. The average molecular weight is 400 g/mol. The lowest BCUT2D eigenvalue weighted by molar-refractivity contribution is -0.118. The fourth-order valence-electron chi connectivity index (χ4n) is 2.84. The lowest BCUT2D eigenvalue weighted by Crippen LogP contribution is -2.20. The van der Waals surface area contributed by atoms with Gasteiger partial charge in [-0.1, -0.05) is 30.3 Å². The highest BCUT2D eigenvalue weighted by Crippen LogP contribution is 2.21. The summed E-state index contributed by atoms with van der Waals surface area (Å²) in [6, 6.07) is 20.7. The molecular formula is C25H21FN2O2. The molecule has 0 fully saturated rings. The van der Waals surface area contributed by atoms with E-state index in [9.17, 15) is 14.4 Å². The maximum atomic E-state index is 13.1. The van der Waals surface area contributed by atoms with Gasteiger partial charge in [0, 0.05) is 5.69 Å². The Kier molecular flexibility index (Phi) is 6.61. The Morgan fingerprint density at radius 1 is 1.07 bits per heavy atom. The van der Waals surface area contributed by atoms with Gasteiger partial charge in [0.15, 0.2) is 6.61 Å². The summed E-state index contributed by atoms with van der Waals surface area (Å²) in [5.74, 6) is -0.107. The van der Waals surface area contributed by atoms with Crippen LogP contribution in [0.25, 0.3) is 11.6 Å². The SMILES string of the molecule is Cc1ccc(NC(=O)COc2cccc(/C=C(/C#N)c3ccc(F)cc3)c2)cc1C. The highest BCUT2D eigenvalue weighted by molar-refractivity contribution is 5.92. The topological polar surface area (TPSA) is 62.1 Å². The molecule has 3 rings (SSSR count). The first kappa shape index (κ1) is 20.8. The summed E-state index contributed by atoms with van der Waals surface area (Å²) < 4.78 is 18.7. The first-order valence-electron chi connectivity index (χ1n) is 9.42. The van der Waals surface area contributed by atoms with Gasteiger partial charge >= 0.3 is 0 Å². The van der Waals surface area contributed by atoms with Crippen LogP contribution in [0.3, 0.4) is 0 Å². The van der Waals surface area contributed by atoms with Gasteiger partial charge in [-0.25, -0.2) is 4.39 Å². The zero-order chi connectivity index (χ0) is 21.5. The van der Waals surface area contributed by atoms with Crippen molar-refractivity contribution in [3.05, 3.63) is 94.8 Å². The van der Waals surface area contributed by atoms with E-state index in [4.69, 9.17) is 4.74 Å². The monoisotopic (exact) mass is 400 g/mol. The molecule has 4 nitrogen and oxygen atoms in total. The van der Waals surface area contributed by atoms with Crippen molar-refractivity contribution in [2.45, 2.75) is 13.8 Å². The third-order valence-electron chi connectivity index (χ3n) is 4.61. The van der Waals surface area contributed by atoms with Crippen molar-refractivity contribution < 1.29 is 13.9 Å². The number of nitrogens with zero attached hydrogens (tertiary/aromatic N) is 1. The zero-order valence-electron chi connectivity index (χ0n) is 16.8. The molecule has 5 heteroatoms. The van der Waals surface area contributed by atoms with Crippen LogP contribution in [0, 0.1) is 31.0 Å². The minimum atomic E-state index is -0.356. The molecule has 0 saturated carbocycles. The van der Waals surface area contributed by atoms with Crippen LogP contribution < -0.4 is 10.1 Å². The van der Waals surface area contributed by atoms with Crippen molar-refractivity contribution in [3.8, 4) is 11.8 Å². The molecule has 0 aliphatic heterocycles. The summed E-state index contributed by atoms with van der Waals surface area (Å²) in [5.41, 5.74) is 4.75. The lowest BCUT2D eigenvalue weighted by atomic mass is 10.0. The van der Waals surface area contributed by atoms with Crippen LogP contribution in [-0.2, 0) is 4.79 Å². The van der Waals surface area contributed by atoms with E-state index in [1.807, 2.05) is 38.1 Å². The molecule has 30 heavy (non-hydrogen) atoms. The molecule has 0 aliphatic carbocycles. The summed E-state index contributed by atoms with van der Waals surface area (Å²) in [6.07, 6.45) is 1.69. The van der Waals surface area contributed by atoms with E-state index in [-0.39, 0.29) is 18.3 Å². The second-order valence-corrected chi connectivity index (χ2v) is 6.89. The van der Waals surface area contributed by atoms with Crippen LogP contribution in [-0.4, -0.2) is 12.5 Å². The molecular weight excluding hydrogens is 379 g/mol. The minimum absolute atomic E-state index is 0.136. The van der Waals surface area contributed by atoms with E-state index in [2.05, 4.69) is 11.4 Å². The van der Waals surface area contributed by atoms with Gasteiger partial charge in [-0.2, -0.15) is 5.26 Å². The van der Waals surface area contributed by atoms with E-state index in [1.165, 1.54) is 12.1 Å². The normalized spacial score (nSPS) is 10.9. The Bertz CT molecular complexity index is 1130. The number of amides is 1. The number of hydrogen-bond acceptors (Lipinski definition) is 3. The molecule has 0 aliphatic rings. The van der Waals surface area contributed by atoms with E-state index < -0.39 is 0 Å². The van der Waals surface area contributed by atoms with Crippen molar-refractivity contribution >= 4 is 23.2 Å². The summed E-state index contributed by atoms with van der Waals surface area (Å²) in [7, 11) is 0. The molecule has 0 saturated heterocycles. The summed E-state index contributed by atoms with van der Waals surface area (Å²) in [5, 5.41) is 12.2. The number of carbonyl (C=O) groups is 1. The van der Waals surface area contributed by atoms with Crippen molar-refractivity contribution in [2.75, 3.05) is 11.9 Å². The molecule has 150 valence electrons. The number of allylic oxidation sites excluding steroid dienone is 1. The van der Waals surface area contributed by atoms with Gasteiger partial charge in [-0.3, -0.25) is 4.79 Å². The van der Waals surface area contributed by atoms with E-state index in [0.29, 0.717) is 16.9 Å². The quantitative estimate of drug-likeness (QED) is 0.437. The molecule has 0 bridgehead atoms. The highest BCUT2D eigenvalue weighted by Gasteiger charge is 2.06. The van der Waals surface area contributed by atoms with Crippen molar-refractivity contribution in [3.63, 3.8) is 0 Å². The van der Waals surface area contributed by atoms with Gasteiger partial charge < -0.3 is 10.1 Å². The number of benzene rings is 3. The number of hydrogen-bond donors (Lipinski definition) is 1. The molecule has 3 aromatic carbocycles. The number of anilines is 1. The smallest absolute Gasteiger partial charge is 0.262 e. The van der Waals surface area contributed by atoms with Gasteiger partial charge in [-0.15, -0.1) is 0 Å². The number of nitriles is 1. The van der Waals surface area contributed by atoms with Crippen LogP contribution in [0.5, 0.6) is 5.75 Å². The molecule has 0 aromatic heterocycles. The van der Waals surface area contributed by atoms with E-state index >= 15 is 0 Å². The fourth-order valence-corrected chi connectivity index (χ4v) is 2.84. The Morgan fingerprint density at radius 2 is 1.83 bits per heavy atom. The average Bonchev–Trinajstić information content (AvgIpc) is 2.74. The molecule has 0 atom stereocenters. The standard InChI is InChI=1S/C25H21FN2O2/c1-17-6-11-23(12-18(17)2)28-25(29)16-30-24-5-3-4-19(14-24)13-21(15-27)20-7-9-22(26)10-8-20/h3-14H,16H2,1-2H3,(H,28,29)/b21-13-. The second-order valence-electron chi connectivity index (χ2n) is 6.89. The van der Waals surface area contributed by atoms with Crippen LogP contribution in [0.1, 0.15) is 22.3 Å². The largest absolute Gasteiger partial charge is 0.484 e. The number of ether oxygens (including phenoxy) is 1. The van der Waals surface area contributed by atoms with E-state index in [0.717, 1.165) is 22.4 Å². The van der Waals surface area contributed by atoms with Gasteiger partial charge in [-0.05, 0) is 78.6 Å². The molecule has 0 unspecified atom stereocenters. The number of aryl methyl sites for hydroxylation is 2. The lowest BCUT2D eigenvalue weighted by Gasteiger charge is -2.09. The first-order valence-corrected chi connectivity index (χ1v) is 9.42. The van der Waals surface area contributed by atoms with Crippen molar-refractivity contribution in [2.24, 2.45) is 0 Å². The molecule has 0 spiro atoms. The van der Waals surface area contributed by atoms with Gasteiger partial charge in [0.1, 0.15) is 11.6 Å². The maximum Gasteiger partial charge on any atom is 0.262 e. The fraction of sp³-hybridized carbons (Fsp3) is 0.120. The Morgan fingerprint density at radius 3 is 2.53 bits per heavy atom. The second kappa shape index (κ2) is 9.53. The Balaban J connectivity index is 1.66. The third-order valence-corrected chi connectivity index (χ3v) is 4.61. The molecule has 3 aromatic rings. The molecule has 0 heterocycles. The van der Waals surface area contributed by atoms with Crippen molar-refractivity contribution in [1.82, 2.24) is 0 Å². The first-order chi connectivity index (χ1) is 14.4. The van der Waals surface area contributed by atoms with Crippen LogP contribution in [0.15, 0.2) is 66.7 Å². The van der Waals surface area contributed by atoms with Gasteiger partial charge in [0.2, 0.25) is 0 Å². The van der Waals surface area contributed by atoms with Crippen LogP contribution in [0.2, 0.25) is 0 Å². The zero-order valence-corrected chi connectivity index (χ0v) is 16.8. The predicted molar refractivity (Wildman–Crippen MR) is 116 cm³/mol. The third kappa shape index (κ3) is 5.55. The Hall–Kier alpha value is -3.91. The molecule has 1 N–H and O–H groups in total. The predicted octanol–water partition coefficient (Wildman–Crippen LogP) is 5.52. The number of halogens is 1. The molecule has 0 radical (unpaired) electrons. The van der Waals surface area contributed by atoms with Gasteiger partial charge in [0.25, 0.3) is 5.91 Å². The van der Waals surface area contributed by atoms with Gasteiger partial charge in [0.05, 0.1) is 11.6 Å². The molecule has 1 amide bonds. The minimum Gasteiger partial charge on any atom is -0.484 e. The number of rotatable bonds is 6. The van der Waals surface area contributed by atoms with Crippen LogP contribution >= 0.6 is 0 Å².